The molecular weight excluding hydrogens is 180 g/mol. The monoisotopic (exact) mass is 196 g/mol. The van der Waals surface area contributed by atoms with Crippen molar-refractivity contribution in [2.75, 3.05) is 18.5 Å². The molecule has 4 heteroatoms. The van der Waals surface area contributed by atoms with E-state index < -0.39 is 0 Å². The van der Waals surface area contributed by atoms with Gasteiger partial charge in [0, 0.05) is 12.2 Å². The van der Waals surface area contributed by atoms with Gasteiger partial charge in [-0.1, -0.05) is 18.2 Å². The van der Waals surface area contributed by atoms with E-state index in [-0.39, 0.29) is 19.3 Å². The van der Waals surface area contributed by atoms with Gasteiger partial charge in [0.2, 0.25) is 0 Å². The first kappa shape index (κ1) is 11.0. The lowest BCUT2D eigenvalue weighted by Gasteiger charge is -2.17. The molecule has 0 aliphatic heterocycles. The maximum absolute atomic E-state index is 8.90. The third kappa shape index (κ3) is 2.70. The minimum absolute atomic E-state index is 0.102. The molecule has 14 heavy (non-hydrogen) atoms. The summed E-state index contributed by atoms with van der Waals surface area (Å²) in [5.74, 6) is 0. The smallest absolute Gasteiger partial charge is 0.0723 e. The number of benzene rings is 1. The van der Waals surface area contributed by atoms with Crippen LogP contribution in [0.4, 0.5) is 5.69 Å². The molecule has 0 fully saturated rings. The Morgan fingerprint density at radius 2 is 1.86 bits per heavy atom. The highest BCUT2D eigenvalue weighted by Gasteiger charge is 2.06. The average molecular weight is 196 g/mol. The van der Waals surface area contributed by atoms with E-state index in [1.807, 2.05) is 24.3 Å². The number of nitrogens with one attached hydrogen (secondary N) is 1. The molecule has 0 aliphatic carbocycles. The molecule has 0 spiro atoms. The summed E-state index contributed by atoms with van der Waals surface area (Å²) in [7, 11) is 0. The second-order valence-corrected chi connectivity index (χ2v) is 3.07. The molecule has 4 nitrogen and oxygen atoms in total. The van der Waals surface area contributed by atoms with Crippen molar-refractivity contribution in [3.05, 3.63) is 29.8 Å². The molecule has 5 N–H and O–H groups in total. The van der Waals surface area contributed by atoms with Crippen LogP contribution in [0.15, 0.2) is 24.3 Å². The van der Waals surface area contributed by atoms with Crippen LogP contribution in [0.3, 0.4) is 0 Å². The second-order valence-electron chi connectivity index (χ2n) is 3.07. The number of nitrogens with two attached hydrogens (primary N) is 1. The lowest BCUT2D eigenvalue weighted by molar-refractivity contribution is 0.204. The Labute approximate surface area is 83.4 Å². The van der Waals surface area contributed by atoms with Crippen molar-refractivity contribution >= 4 is 5.69 Å². The molecule has 0 heterocycles. The molecule has 78 valence electrons. The Morgan fingerprint density at radius 1 is 1.21 bits per heavy atom. The summed E-state index contributed by atoms with van der Waals surface area (Å²) in [5.41, 5.74) is 7.38. The van der Waals surface area contributed by atoms with Gasteiger partial charge in [-0.25, -0.2) is 0 Å². The van der Waals surface area contributed by atoms with Gasteiger partial charge >= 0.3 is 0 Å². The summed E-state index contributed by atoms with van der Waals surface area (Å²) in [6.45, 7) is 0.234. The predicted molar refractivity (Wildman–Crippen MR) is 55.9 cm³/mol. The molecular formula is C10H16N2O2. The minimum atomic E-state index is -0.331. The van der Waals surface area contributed by atoms with E-state index in [1.54, 1.807) is 0 Å². The van der Waals surface area contributed by atoms with Gasteiger partial charge < -0.3 is 21.3 Å². The summed E-state index contributed by atoms with van der Waals surface area (Å²) in [6, 6.07) is 7.24. The summed E-state index contributed by atoms with van der Waals surface area (Å²) in [4.78, 5) is 0. The molecule has 0 bridgehead atoms. The predicted octanol–water partition coefficient (Wildman–Crippen LogP) is -0.0896. The van der Waals surface area contributed by atoms with Gasteiger partial charge in [-0.2, -0.15) is 0 Å². The average Bonchev–Trinajstić information content (AvgIpc) is 2.26. The fourth-order valence-corrected chi connectivity index (χ4v) is 1.21. The van der Waals surface area contributed by atoms with Crippen LogP contribution in [-0.4, -0.2) is 29.5 Å². The lowest BCUT2D eigenvalue weighted by Crippen LogP contribution is -2.28. The van der Waals surface area contributed by atoms with Crippen molar-refractivity contribution < 1.29 is 10.2 Å². The molecule has 0 amide bonds. The Kier molecular flexibility index (Phi) is 4.39. The summed E-state index contributed by atoms with van der Waals surface area (Å²) in [5, 5.41) is 20.8. The maximum Gasteiger partial charge on any atom is 0.0723 e. The molecule has 0 atom stereocenters. The first-order valence-electron chi connectivity index (χ1n) is 4.58. The normalized spacial score (nSPS) is 10.6. The molecule has 0 unspecified atom stereocenters. The van der Waals surface area contributed by atoms with Crippen molar-refractivity contribution in [2.45, 2.75) is 12.6 Å². The number of hydrogen-bond donors (Lipinski definition) is 4. The van der Waals surface area contributed by atoms with E-state index >= 15 is 0 Å². The third-order valence-electron chi connectivity index (χ3n) is 2.04. The second kappa shape index (κ2) is 5.59. The molecule has 0 saturated heterocycles. The van der Waals surface area contributed by atoms with Crippen LogP contribution in [0.1, 0.15) is 5.56 Å². The van der Waals surface area contributed by atoms with Gasteiger partial charge in [0.1, 0.15) is 0 Å². The molecule has 1 aromatic rings. The van der Waals surface area contributed by atoms with Gasteiger partial charge in [-0.3, -0.25) is 0 Å². The minimum Gasteiger partial charge on any atom is -0.394 e. The lowest BCUT2D eigenvalue weighted by atomic mass is 10.1. The van der Waals surface area contributed by atoms with Gasteiger partial charge in [0.15, 0.2) is 0 Å². The van der Waals surface area contributed by atoms with Crippen LogP contribution >= 0.6 is 0 Å². The fraction of sp³-hybridized carbons (Fsp3) is 0.400. The van der Waals surface area contributed by atoms with Crippen LogP contribution in [0, 0.1) is 0 Å². The van der Waals surface area contributed by atoms with E-state index in [9.17, 15) is 0 Å². The van der Waals surface area contributed by atoms with Crippen molar-refractivity contribution in [1.82, 2.24) is 0 Å². The van der Waals surface area contributed by atoms with Gasteiger partial charge in [-0.05, 0) is 11.6 Å². The molecule has 0 aromatic heterocycles. The molecule has 0 radical (unpaired) electrons. The zero-order chi connectivity index (χ0) is 10.4. The maximum atomic E-state index is 8.90. The Morgan fingerprint density at radius 3 is 2.43 bits per heavy atom. The molecule has 0 aliphatic rings. The van der Waals surface area contributed by atoms with Gasteiger partial charge in [0.25, 0.3) is 0 Å². The highest BCUT2D eigenvalue weighted by molar-refractivity contribution is 5.51. The van der Waals surface area contributed by atoms with E-state index in [0.29, 0.717) is 6.54 Å². The number of para-hydroxylation sites is 1. The Hall–Kier alpha value is -1.10. The van der Waals surface area contributed by atoms with Crippen LogP contribution < -0.4 is 11.1 Å². The van der Waals surface area contributed by atoms with Crippen molar-refractivity contribution in [3.8, 4) is 0 Å². The molecule has 1 rings (SSSR count). The van der Waals surface area contributed by atoms with Crippen LogP contribution in [0.5, 0.6) is 0 Å². The quantitative estimate of drug-likeness (QED) is 0.531. The van der Waals surface area contributed by atoms with Crippen molar-refractivity contribution in [3.63, 3.8) is 0 Å². The van der Waals surface area contributed by atoms with Crippen LogP contribution in [0.2, 0.25) is 0 Å². The number of rotatable bonds is 5. The largest absolute Gasteiger partial charge is 0.394 e. The van der Waals surface area contributed by atoms with Crippen molar-refractivity contribution in [2.24, 2.45) is 5.73 Å². The van der Waals surface area contributed by atoms with E-state index in [0.717, 1.165) is 11.3 Å². The van der Waals surface area contributed by atoms with E-state index in [4.69, 9.17) is 15.9 Å². The standard InChI is InChI=1S/C10H16N2O2/c11-5-8-3-1-2-4-10(8)12-9(6-13)7-14/h1-4,9,12-14H,5-7,11H2. The summed E-state index contributed by atoms with van der Waals surface area (Å²) in [6.07, 6.45) is 0. The fourth-order valence-electron chi connectivity index (χ4n) is 1.21. The topological polar surface area (TPSA) is 78.5 Å². The zero-order valence-electron chi connectivity index (χ0n) is 7.98. The van der Waals surface area contributed by atoms with E-state index in [2.05, 4.69) is 5.32 Å². The van der Waals surface area contributed by atoms with Gasteiger partial charge in [0.05, 0.1) is 19.3 Å². The third-order valence-corrected chi connectivity index (χ3v) is 2.04. The highest BCUT2D eigenvalue weighted by Crippen LogP contribution is 2.14. The Bertz CT molecular complexity index is 275. The first-order valence-corrected chi connectivity index (χ1v) is 4.58. The first-order chi connectivity index (χ1) is 6.81. The zero-order valence-corrected chi connectivity index (χ0v) is 7.98. The van der Waals surface area contributed by atoms with Crippen LogP contribution in [-0.2, 0) is 6.54 Å². The SMILES string of the molecule is NCc1ccccc1NC(CO)CO. The summed E-state index contributed by atoms with van der Waals surface area (Å²) < 4.78 is 0. The highest BCUT2D eigenvalue weighted by atomic mass is 16.3. The number of aliphatic hydroxyl groups excluding tert-OH is 2. The number of hydrogen-bond acceptors (Lipinski definition) is 4. The summed E-state index contributed by atoms with van der Waals surface area (Å²) >= 11 is 0. The van der Waals surface area contributed by atoms with Crippen LogP contribution in [0.25, 0.3) is 0 Å². The Balaban J connectivity index is 2.74. The van der Waals surface area contributed by atoms with Gasteiger partial charge in [-0.15, -0.1) is 0 Å². The van der Waals surface area contributed by atoms with E-state index in [1.165, 1.54) is 0 Å². The number of anilines is 1. The molecule has 1 aromatic carbocycles. The number of aliphatic hydroxyl groups is 2. The van der Waals surface area contributed by atoms with Crippen molar-refractivity contribution in [1.29, 1.82) is 0 Å². The molecule has 0 saturated carbocycles.